The van der Waals surface area contributed by atoms with Gasteiger partial charge in [0.25, 0.3) is 0 Å². The van der Waals surface area contributed by atoms with Crippen LogP contribution >= 0.6 is 11.6 Å². The van der Waals surface area contributed by atoms with Crippen molar-refractivity contribution in [2.75, 3.05) is 19.0 Å². The Labute approximate surface area is 252 Å². The molecule has 2 unspecified atom stereocenters. The van der Waals surface area contributed by atoms with Gasteiger partial charge in [-0.05, 0) is 79.9 Å². The first kappa shape index (κ1) is 35.5. The molecule has 234 valence electrons. The Kier molecular flexibility index (Phi) is 11.9. The smallest absolute Gasteiger partial charge is 0.327 e. The van der Waals surface area contributed by atoms with Crippen molar-refractivity contribution in [1.82, 2.24) is 5.06 Å². The van der Waals surface area contributed by atoms with Gasteiger partial charge in [-0.25, -0.2) is 8.42 Å². The van der Waals surface area contributed by atoms with E-state index in [2.05, 4.69) is 6.92 Å². The molecule has 0 aromatic heterocycles. The number of ether oxygens (including phenoxy) is 2. The molecule has 41 heavy (non-hydrogen) atoms. The number of carbonyl (C=O) groups is 2. The number of hydrogen-bond acceptors (Lipinski definition) is 8. The van der Waals surface area contributed by atoms with Crippen molar-refractivity contribution < 1.29 is 32.3 Å². The highest BCUT2D eigenvalue weighted by molar-refractivity contribution is 7.91. The molecule has 8 nitrogen and oxygen atoms in total. The number of rotatable bonds is 14. The second-order valence-corrected chi connectivity index (χ2v) is 16.0. The molecule has 10 heteroatoms. The molecule has 0 saturated carbocycles. The van der Waals surface area contributed by atoms with Gasteiger partial charge < -0.3 is 9.47 Å². The van der Waals surface area contributed by atoms with E-state index in [0.29, 0.717) is 25.9 Å². The Balaban J connectivity index is 2.29. The maximum Gasteiger partial charge on any atom is 0.327 e. The first-order valence-corrected chi connectivity index (χ1v) is 16.6. The van der Waals surface area contributed by atoms with Crippen LogP contribution in [0.2, 0.25) is 0 Å². The van der Waals surface area contributed by atoms with Gasteiger partial charge in [-0.2, -0.15) is 5.06 Å². The van der Waals surface area contributed by atoms with Crippen LogP contribution in [-0.2, 0) is 33.7 Å². The number of benzene rings is 1. The van der Waals surface area contributed by atoms with Crippen molar-refractivity contribution in [2.45, 2.75) is 128 Å². The number of halogens is 1. The predicted molar refractivity (Wildman–Crippen MR) is 161 cm³/mol. The number of hydrogen-bond donors (Lipinski definition) is 0. The van der Waals surface area contributed by atoms with E-state index in [1.165, 1.54) is 26.0 Å². The Morgan fingerprint density at radius 1 is 0.976 bits per heavy atom. The zero-order valence-corrected chi connectivity index (χ0v) is 27.9. The topological polar surface area (TPSA) is 99.2 Å². The fourth-order valence-corrected chi connectivity index (χ4v) is 7.90. The summed E-state index contributed by atoms with van der Waals surface area (Å²) in [6, 6.07) is 6.44. The van der Waals surface area contributed by atoms with Gasteiger partial charge in [0.1, 0.15) is 11.0 Å². The van der Waals surface area contributed by atoms with Crippen LogP contribution in [0, 0.1) is 12.3 Å². The molecular weight excluding hydrogens is 566 g/mol. The van der Waals surface area contributed by atoms with Crippen molar-refractivity contribution >= 4 is 33.4 Å². The average molecular weight is 616 g/mol. The molecule has 1 aliphatic rings. The fourth-order valence-electron chi connectivity index (χ4n) is 5.78. The van der Waals surface area contributed by atoms with Crippen LogP contribution in [0.1, 0.15) is 99.5 Å². The molecule has 1 saturated heterocycles. The molecule has 2 rings (SSSR count). The molecule has 0 bridgehead atoms. The van der Waals surface area contributed by atoms with Gasteiger partial charge in [0.15, 0.2) is 9.84 Å². The summed E-state index contributed by atoms with van der Waals surface area (Å²) in [5.41, 5.74) is -1.51. The van der Waals surface area contributed by atoms with E-state index in [-0.39, 0.29) is 17.9 Å². The van der Waals surface area contributed by atoms with Crippen molar-refractivity contribution in [1.29, 1.82) is 0 Å². The van der Waals surface area contributed by atoms with E-state index >= 15 is 0 Å². The quantitative estimate of drug-likeness (QED) is 0.134. The van der Waals surface area contributed by atoms with Gasteiger partial charge in [-0.15, -0.1) is 11.6 Å². The van der Waals surface area contributed by atoms with Crippen LogP contribution in [0.4, 0.5) is 0 Å². The summed E-state index contributed by atoms with van der Waals surface area (Å²) < 4.78 is 38.3. The van der Waals surface area contributed by atoms with Crippen molar-refractivity contribution in [3.05, 3.63) is 29.8 Å². The Bertz CT molecular complexity index is 1130. The summed E-state index contributed by atoms with van der Waals surface area (Å²) in [5.74, 6) is -1.96. The third-order valence-electron chi connectivity index (χ3n) is 7.51. The highest BCUT2D eigenvalue weighted by atomic mass is 35.5. The largest absolute Gasteiger partial charge is 0.465 e. The van der Waals surface area contributed by atoms with E-state index in [1.54, 1.807) is 12.1 Å². The minimum absolute atomic E-state index is 0.0936. The number of hydroxylamine groups is 2. The first-order valence-electron chi connectivity index (χ1n) is 14.6. The molecule has 0 amide bonds. The van der Waals surface area contributed by atoms with E-state index in [4.69, 9.17) is 25.9 Å². The molecular formula is C31H50ClNO7S. The molecule has 1 aromatic rings. The third kappa shape index (κ3) is 9.40. The van der Waals surface area contributed by atoms with Crippen LogP contribution in [0.5, 0.6) is 0 Å². The van der Waals surface area contributed by atoms with Crippen molar-refractivity contribution in [3.8, 4) is 0 Å². The monoisotopic (exact) mass is 615 g/mol. The highest BCUT2D eigenvalue weighted by Gasteiger charge is 2.51. The van der Waals surface area contributed by atoms with E-state index in [1.807, 2.05) is 46.6 Å². The fraction of sp³-hybridized carbons (Fsp3) is 0.742. The van der Waals surface area contributed by atoms with Crippen LogP contribution in [0.15, 0.2) is 29.2 Å². The summed E-state index contributed by atoms with van der Waals surface area (Å²) in [5, 5.41) is 1.99. The number of aryl methyl sites for hydroxylation is 1. The lowest BCUT2D eigenvalue weighted by Gasteiger charge is -2.53. The van der Waals surface area contributed by atoms with E-state index in [0.717, 1.165) is 18.4 Å². The summed E-state index contributed by atoms with van der Waals surface area (Å²) in [6.07, 6.45) is 2.66. The van der Waals surface area contributed by atoms with Gasteiger partial charge in [-0.3, -0.25) is 14.4 Å². The number of unbranched alkanes of at least 4 members (excludes halogenated alkanes) is 1. The van der Waals surface area contributed by atoms with Crippen LogP contribution in [-0.4, -0.2) is 66.4 Å². The first-order chi connectivity index (χ1) is 18.8. The predicted octanol–water partition coefficient (Wildman–Crippen LogP) is 6.41. The van der Waals surface area contributed by atoms with Crippen LogP contribution in [0.25, 0.3) is 0 Å². The molecule has 1 heterocycles. The number of esters is 2. The molecule has 1 aliphatic heterocycles. The Morgan fingerprint density at radius 2 is 1.54 bits per heavy atom. The maximum atomic E-state index is 13.5. The van der Waals surface area contributed by atoms with Gasteiger partial charge in [-0.1, -0.05) is 38.0 Å². The summed E-state index contributed by atoms with van der Waals surface area (Å²) >= 11 is 6.82. The van der Waals surface area contributed by atoms with Gasteiger partial charge in [0, 0.05) is 23.9 Å². The van der Waals surface area contributed by atoms with Crippen LogP contribution in [0.3, 0.4) is 0 Å². The van der Waals surface area contributed by atoms with Gasteiger partial charge >= 0.3 is 11.9 Å². The highest BCUT2D eigenvalue weighted by Crippen LogP contribution is 2.42. The van der Waals surface area contributed by atoms with Crippen molar-refractivity contribution in [2.24, 2.45) is 5.41 Å². The number of carbonyl (C=O) groups excluding carboxylic acids is 2. The van der Waals surface area contributed by atoms with E-state index in [9.17, 15) is 18.0 Å². The van der Waals surface area contributed by atoms with Gasteiger partial charge in [0.05, 0.1) is 29.3 Å². The standard InChI is InChI=1S/C31H50ClNO7S/c1-10-12-18-38-26(34)30(8,22-41(36,37)25-15-13-23(3)14-16-25)21-31(9,32)27(35)40-24-19-28(4,5)33(39-17-11-2)29(6,7)20-24/h13-16,24H,10-12,17-22H2,1-9H3. The molecule has 0 spiro atoms. The Hall–Kier alpha value is -1.68. The van der Waals surface area contributed by atoms with Crippen LogP contribution < -0.4 is 0 Å². The third-order valence-corrected chi connectivity index (χ3v) is 9.81. The minimum atomic E-state index is -3.91. The molecule has 2 atom stereocenters. The lowest BCUT2D eigenvalue weighted by atomic mass is 9.80. The minimum Gasteiger partial charge on any atom is -0.465 e. The second-order valence-electron chi connectivity index (χ2n) is 13.2. The molecule has 1 fully saturated rings. The van der Waals surface area contributed by atoms with E-state index < -0.39 is 55.0 Å². The number of alkyl halides is 1. The number of piperidine rings is 1. The van der Waals surface area contributed by atoms with Gasteiger partial charge in [0.2, 0.25) is 0 Å². The maximum absolute atomic E-state index is 13.5. The summed E-state index contributed by atoms with van der Waals surface area (Å²) in [6.45, 7) is 17.8. The van der Waals surface area contributed by atoms with Crippen molar-refractivity contribution in [3.63, 3.8) is 0 Å². The molecule has 0 aliphatic carbocycles. The SMILES string of the molecule is CCCCOC(=O)C(C)(CC(C)(Cl)C(=O)OC1CC(C)(C)N(OCCC)C(C)(C)C1)CS(=O)(=O)c1ccc(C)cc1. The lowest BCUT2D eigenvalue weighted by Crippen LogP contribution is -2.62. The summed E-state index contributed by atoms with van der Waals surface area (Å²) in [7, 11) is -3.91. The molecule has 1 aromatic carbocycles. The lowest BCUT2D eigenvalue weighted by molar-refractivity contribution is -0.293. The zero-order chi connectivity index (χ0) is 31.3. The normalized spacial score (nSPS) is 20.5. The summed E-state index contributed by atoms with van der Waals surface area (Å²) in [4.78, 5) is 31.4. The Morgan fingerprint density at radius 3 is 2.05 bits per heavy atom. The molecule has 0 radical (unpaired) electrons. The zero-order valence-electron chi connectivity index (χ0n) is 26.3. The number of sulfone groups is 1. The molecule has 0 N–H and O–H groups in total. The second kappa shape index (κ2) is 13.7. The average Bonchev–Trinajstić information content (AvgIpc) is 2.82. The number of nitrogens with zero attached hydrogens (tertiary/aromatic N) is 1.